The lowest BCUT2D eigenvalue weighted by atomic mass is 10.3. The van der Waals surface area contributed by atoms with Crippen LogP contribution in [-0.4, -0.2) is 14.2 Å². The van der Waals surface area contributed by atoms with Crippen LogP contribution in [0.2, 0.25) is 0 Å². The second kappa shape index (κ2) is 4.09. The van der Waals surface area contributed by atoms with Gasteiger partial charge in [0, 0.05) is 10.7 Å². The van der Waals surface area contributed by atoms with E-state index in [2.05, 4.69) is 15.9 Å². The summed E-state index contributed by atoms with van der Waals surface area (Å²) in [4.78, 5) is 0. The van der Waals surface area contributed by atoms with E-state index in [4.69, 9.17) is 10.7 Å². The zero-order chi connectivity index (χ0) is 9.19. The van der Waals surface area contributed by atoms with Crippen LogP contribution in [0.4, 0.5) is 0 Å². The van der Waals surface area contributed by atoms with E-state index in [0.717, 1.165) is 9.35 Å². The van der Waals surface area contributed by atoms with Crippen LogP contribution in [0.5, 0.6) is 0 Å². The minimum absolute atomic E-state index is 0.00225. The third-order valence-corrected chi connectivity index (χ3v) is 3.96. The molecular formula is C6H6BrClO2S2. The van der Waals surface area contributed by atoms with Gasteiger partial charge in [-0.05, 0) is 39.4 Å². The van der Waals surface area contributed by atoms with Gasteiger partial charge in [0.1, 0.15) is 0 Å². The molecule has 0 N–H and O–H groups in total. The molecular weight excluding hydrogens is 284 g/mol. The third kappa shape index (κ3) is 3.89. The van der Waals surface area contributed by atoms with Crippen LogP contribution in [0.15, 0.2) is 15.2 Å². The monoisotopic (exact) mass is 288 g/mol. The summed E-state index contributed by atoms with van der Waals surface area (Å²) >= 11 is 4.82. The molecule has 0 aliphatic rings. The Morgan fingerprint density at radius 1 is 1.58 bits per heavy atom. The highest BCUT2D eigenvalue weighted by Gasteiger charge is 2.06. The van der Waals surface area contributed by atoms with Crippen molar-refractivity contribution in [1.29, 1.82) is 0 Å². The Hall–Kier alpha value is 0.420. The Balaban J connectivity index is 2.55. The van der Waals surface area contributed by atoms with E-state index in [-0.39, 0.29) is 5.75 Å². The zero-order valence-electron chi connectivity index (χ0n) is 5.96. The number of halogens is 2. The van der Waals surface area contributed by atoms with Crippen LogP contribution in [0.3, 0.4) is 0 Å². The molecule has 1 rings (SSSR count). The summed E-state index contributed by atoms with van der Waals surface area (Å²) in [5.41, 5.74) is 0.996. The van der Waals surface area contributed by atoms with Crippen molar-refractivity contribution >= 4 is 47.0 Å². The maximum atomic E-state index is 10.6. The van der Waals surface area contributed by atoms with Gasteiger partial charge >= 0.3 is 0 Å². The van der Waals surface area contributed by atoms with Crippen molar-refractivity contribution in [2.45, 2.75) is 6.42 Å². The molecule has 0 saturated carbocycles. The van der Waals surface area contributed by atoms with E-state index in [1.165, 1.54) is 11.3 Å². The molecule has 68 valence electrons. The number of hydrogen-bond acceptors (Lipinski definition) is 3. The Morgan fingerprint density at radius 2 is 2.25 bits per heavy atom. The number of thiophene rings is 1. The second-order valence-corrected chi connectivity index (χ2v) is 7.44. The maximum Gasteiger partial charge on any atom is 0.232 e. The van der Waals surface area contributed by atoms with Crippen molar-refractivity contribution in [2.24, 2.45) is 0 Å². The van der Waals surface area contributed by atoms with Gasteiger partial charge in [-0.2, -0.15) is 0 Å². The minimum Gasteiger partial charge on any atom is -0.212 e. The van der Waals surface area contributed by atoms with E-state index in [9.17, 15) is 8.42 Å². The minimum atomic E-state index is -3.35. The van der Waals surface area contributed by atoms with Gasteiger partial charge in [-0.25, -0.2) is 8.42 Å². The largest absolute Gasteiger partial charge is 0.232 e. The Labute approximate surface area is 88.1 Å². The first-order valence-corrected chi connectivity index (χ1v) is 7.28. The average Bonchev–Trinajstić information content (AvgIpc) is 2.30. The van der Waals surface area contributed by atoms with Gasteiger partial charge in [0.05, 0.1) is 9.54 Å². The van der Waals surface area contributed by atoms with Crippen LogP contribution in [0, 0.1) is 0 Å². The highest BCUT2D eigenvalue weighted by molar-refractivity contribution is 9.11. The molecule has 0 radical (unpaired) electrons. The fraction of sp³-hybridized carbons (Fsp3) is 0.333. The van der Waals surface area contributed by atoms with Gasteiger partial charge in [0.15, 0.2) is 0 Å². The van der Waals surface area contributed by atoms with Crippen molar-refractivity contribution in [2.75, 3.05) is 5.75 Å². The van der Waals surface area contributed by atoms with E-state index < -0.39 is 9.05 Å². The quantitative estimate of drug-likeness (QED) is 0.802. The lowest BCUT2D eigenvalue weighted by Crippen LogP contribution is -1.99. The molecule has 0 unspecified atom stereocenters. The first-order valence-electron chi connectivity index (χ1n) is 3.12. The maximum absolute atomic E-state index is 10.6. The molecule has 0 saturated heterocycles. The Morgan fingerprint density at radius 3 is 2.67 bits per heavy atom. The van der Waals surface area contributed by atoms with Gasteiger partial charge in [-0.15, -0.1) is 11.3 Å². The predicted octanol–water partition coefficient (Wildman–Crippen LogP) is 2.62. The van der Waals surface area contributed by atoms with Crippen LogP contribution >= 0.6 is 37.9 Å². The summed E-state index contributed by atoms with van der Waals surface area (Å²) in [7, 11) is 1.70. The lowest BCUT2D eigenvalue weighted by molar-refractivity contribution is 0.609. The molecule has 1 aromatic heterocycles. The smallest absolute Gasteiger partial charge is 0.212 e. The molecule has 1 aromatic rings. The summed E-state index contributed by atoms with van der Waals surface area (Å²) in [6, 6.07) is 1.90. The van der Waals surface area contributed by atoms with Gasteiger partial charge in [-0.3, -0.25) is 0 Å². The predicted molar refractivity (Wildman–Crippen MR) is 55.4 cm³/mol. The van der Waals surface area contributed by atoms with Crippen molar-refractivity contribution in [3.05, 3.63) is 20.8 Å². The molecule has 0 aliphatic heterocycles. The van der Waals surface area contributed by atoms with Crippen LogP contribution < -0.4 is 0 Å². The van der Waals surface area contributed by atoms with Crippen molar-refractivity contribution in [3.63, 3.8) is 0 Å². The second-order valence-electron chi connectivity index (χ2n) is 2.25. The molecule has 6 heteroatoms. The van der Waals surface area contributed by atoms with Gasteiger partial charge in [-0.1, -0.05) is 0 Å². The normalized spacial score (nSPS) is 11.8. The topological polar surface area (TPSA) is 34.1 Å². The fourth-order valence-corrected chi connectivity index (χ4v) is 2.67. The van der Waals surface area contributed by atoms with Crippen molar-refractivity contribution in [3.8, 4) is 0 Å². The lowest BCUT2D eigenvalue weighted by Gasteiger charge is -1.92. The molecule has 1 heterocycles. The highest BCUT2D eigenvalue weighted by atomic mass is 79.9. The summed E-state index contributed by atoms with van der Waals surface area (Å²) < 4.78 is 22.1. The van der Waals surface area contributed by atoms with E-state index in [0.29, 0.717) is 6.42 Å². The summed E-state index contributed by atoms with van der Waals surface area (Å²) in [5, 5.41) is 1.91. The zero-order valence-corrected chi connectivity index (χ0v) is 9.93. The van der Waals surface area contributed by atoms with Gasteiger partial charge in [0.25, 0.3) is 0 Å². The summed E-state index contributed by atoms with van der Waals surface area (Å²) in [6.07, 6.45) is 0.480. The van der Waals surface area contributed by atoms with E-state index in [1.807, 2.05) is 11.4 Å². The van der Waals surface area contributed by atoms with Crippen molar-refractivity contribution in [1.82, 2.24) is 0 Å². The molecule has 12 heavy (non-hydrogen) atoms. The molecule has 0 aromatic carbocycles. The number of hydrogen-bond donors (Lipinski definition) is 0. The van der Waals surface area contributed by atoms with Crippen LogP contribution in [-0.2, 0) is 15.5 Å². The van der Waals surface area contributed by atoms with Crippen LogP contribution in [0.25, 0.3) is 0 Å². The van der Waals surface area contributed by atoms with E-state index in [1.54, 1.807) is 0 Å². The number of rotatable bonds is 3. The highest BCUT2D eigenvalue weighted by Crippen LogP contribution is 2.21. The first kappa shape index (κ1) is 10.5. The molecule has 0 fully saturated rings. The van der Waals surface area contributed by atoms with Crippen molar-refractivity contribution < 1.29 is 8.42 Å². The molecule has 0 atom stereocenters. The average molecular weight is 290 g/mol. The summed E-state index contributed by atoms with van der Waals surface area (Å²) in [6.45, 7) is 0. The first-order chi connectivity index (χ1) is 5.47. The Bertz CT molecular complexity index is 357. The van der Waals surface area contributed by atoms with Crippen LogP contribution in [0.1, 0.15) is 5.56 Å². The third-order valence-electron chi connectivity index (χ3n) is 1.26. The number of aryl methyl sites for hydroxylation is 1. The molecule has 0 amide bonds. The van der Waals surface area contributed by atoms with Gasteiger partial charge in [0.2, 0.25) is 9.05 Å². The molecule has 2 nitrogen and oxygen atoms in total. The van der Waals surface area contributed by atoms with E-state index >= 15 is 0 Å². The SMILES string of the molecule is O=S(=O)(Cl)CCc1csc(Br)c1. The standard InChI is InChI=1S/C6H6BrClO2S2/c7-6-3-5(4-11-6)1-2-12(8,9)10/h3-4H,1-2H2. The fourth-order valence-electron chi connectivity index (χ4n) is 0.717. The molecule has 0 aliphatic carbocycles. The van der Waals surface area contributed by atoms with Gasteiger partial charge < -0.3 is 0 Å². The molecule has 0 spiro atoms. The Kier molecular flexibility index (Phi) is 3.58. The molecule has 0 bridgehead atoms. The summed E-state index contributed by atoms with van der Waals surface area (Å²) in [5.74, 6) is -0.00225.